The first-order valence-electron chi connectivity index (χ1n) is 7.82. The van der Waals surface area contributed by atoms with Crippen LogP contribution in [0.3, 0.4) is 0 Å². The van der Waals surface area contributed by atoms with E-state index in [-0.39, 0.29) is 11.7 Å². The Morgan fingerprint density at radius 3 is 2.82 bits per heavy atom. The van der Waals surface area contributed by atoms with Gasteiger partial charge in [0.15, 0.2) is 0 Å². The standard InChI is InChI=1S/C16H24FN5/c1-2-11(16(18)21-22-19)9-15-10-13(7-8-20-15)12-3-5-14(17)6-4-12/h3-6,11,13,15,20H,2,7-10H2,1H3,(H3,18,19,21)/t11-,13-,15+/m1/s1. The number of hydrogen-bond donors (Lipinski definition) is 3. The lowest BCUT2D eigenvalue weighted by Crippen LogP contribution is -2.40. The molecule has 2 rings (SSSR count). The van der Waals surface area contributed by atoms with Gasteiger partial charge in [-0.25, -0.2) is 4.39 Å². The van der Waals surface area contributed by atoms with Crippen LogP contribution in [0.15, 0.2) is 34.6 Å². The van der Waals surface area contributed by atoms with E-state index in [0.29, 0.717) is 17.8 Å². The van der Waals surface area contributed by atoms with E-state index in [1.165, 1.54) is 17.7 Å². The molecular weight excluding hydrogens is 281 g/mol. The minimum atomic E-state index is -0.191. The van der Waals surface area contributed by atoms with Crippen LogP contribution in [0.25, 0.3) is 0 Å². The van der Waals surface area contributed by atoms with Crippen LogP contribution >= 0.6 is 0 Å². The summed E-state index contributed by atoms with van der Waals surface area (Å²) >= 11 is 0. The predicted molar refractivity (Wildman–Crippen MR) is 85.3 cm³/mol. The maximum atomic E-state index is 13.0. The highest BCUT2D eigenvalue weighted by molar-refractivity contribution is 5.82. The van der Waals surface area contributed by atoms with E-state index in [2.05, 4.69) is 22.6 Å². The number of hydrogen-bond acceptors (Lipinski definition) is 3. The summed E-state index contributed by atoms with van der Waals surface area (Å²) in [5.41, 5.74) is 13.9. The van der Waals surface area contributed by atoms with Gasteiger partial charge in [0.1, 0.15) is 11.7 Å². The van der Waals surface area contributed by atoms with Gasteiger partial charge in [0.25, 0.3) is 0 Å². The van der Waals surface area contributed by atoms with Gasteiger partial charge in [0.2, 0.25) is 0 Å². The van der Waals surface area contributed by atoms with Crippen LogP contribution < -0.4 is 11.1 Å². The van der Waals surface area contributed by atoms with Crippen molar-refractivity contribution in [2.75, 3.05) is 6.54 Å². The van der Waals surface area contributed by atoms with Gasteiger partial charge in [-0.15, -0.1) is 5.10 Å². The molecular formula is C16H24FN5. The van der Waals surface area contributed by atoms with Gasteiger partial charge in [-0.05, 0) is 55.8 Å². The van der Waals surface area contributed by atoms with Gasteiger partial charge in [-0.3, -0.25) is 0 Å². The van der Waals surface area contributed by atoms with Gasteiger partial charge >= 0.3 is 0 Å². The Morgan fingerprint density at radius 1 is 1.45 bits per heavy atom. The molecule has 120 valence electrons. The summed E-state index contributed by atoms with van der Waals surface area (Å²) in [4.78, 5) is 0. The number of piperidine rings is 1. The van der Waals surface area contributed by atoms with Gasteiger partial charge in [0, 0.05) is 12.0 Å². The third kappa shape index (κ3) is 4.34. The zero-order valence-electron chi connectivity index (χ0n) is 12.9. The molecule has 0 bridgehead atoms. The molecule has 0 aliphatic carbocycles. The van der Waals surface area contributed by atoms with Crippen LogP contribution in [0.1, 0.15) is 44.1 Å². The molecule has 0 spiro atoms. The van der Waals surface area contributed by atoms with Crippen LogP contribution in [-0.4, -0.2) is 18.4 Å². The molecule has 22 heavy (non-hydrogen) atoms. The van der Waals surface area contributed by atoms with Crippen molar-refractivity contribution in [3.63, 3.8) is 0 Å². The molecule has 1 aromatic carbocycles. The smallest absolute Gasteiger partial charge is 0.127 e. The molecule has 1 saturated heterocycles. The first kappa shape index (κ1) is 16.5. The van der Waals surface area contributed by atoms with Crippen molar-refractivity contribution >= 4 is 5.84 Å². The van der Waals surface area contributed by atoms with Gasteiger partial charge < -0.3 is 11.1 Å². The summed E-state index contributed by atoms with van der Waals surface area (Å²) in [6.45, 7) is 3.01. The van der Waals surface area contributed by atoms with Crippen molar-refractivity contribution in [3.8, 4) is 0 Å². The quantitative estimate of drug-likeness (QED) is 0.326. The Bertz CT molecular complexity index is 514. The van der Waals surface area contributed by atoms with Crippen molar-refractivity contribution in [1.82, 2.24) is 5.32 Å². The molecule has 0 unspecified atom stereocenters. The zero-order chi connectivity index (χ0) is 15.9. The second-order valence-electron chi connectivity index (χ2n) is 5.89. The third-order valence-corrected chi connectivity index (χ3v) is 4.48. The van der Waals surface area contributed by atoms with Crippen molar-refractivity contribution in [2.24, 2.45) is 22.0 Å². The highest BCUT2D eigenvalue weighted by Crippen LogP contribution is 2.30. The van der Waals surface area contributed by atoms with Crippen LogP contribution in [-0.2, 0) is 0 Å². The van der Waals surface area contributed by atoms with Gasteiger partial charge in [-0.1, -0.05) is 24.3 Å². The minimum absolute atomic E-state index is 0.138. The molecule has 1 aliphatic rings. The SMILES string of the molecule is CC[C@H](C[C@H]1C[C@H](c2ccc(F)cc2)CCN1)C(N)=NN=N. The van der Waals surface area contributed by atoms with E-state index < -0.39 is 0 Å². The summed E-state index contributed by atoms with van der Waals surface area (Å²) in [5.74, 6) is 0.827. The van der Waals surface area contributed by atoms with E-state index in [1.54, 1.807) is 0 Å². The average Bonchev–Trinajstić information content (AvgIpc) is 2.53. The number of halogens is 1. The number of nitrogens with zero attached hydrogens (tertiary/aromatic N) is 2. The molecule has 0 amide bonds. The molecule has 0 radical (unpaired) electrons. The summed E-state index contributed by atoms with van der Waals surface area (Å²) < 4.78 is 13.0. The largest absolute Gasteiger partial charge is 0.385 e. The van der Waals surface area contributed by atoms with Gasteiger partial charge in [-0.2, -0.15) is 5.53 Å². The van der Waals surface area contributed by atoms with E-state index in [4.69, 9.17) is 11.3 Å². The monoisotopic (exact) mass is 305 g/mol. The van der Waals surface area contributed by atoms with E-state index >= 15 is 0 Å². The Balaban J connectivity index is 1.99. The van der Waals surface area contributed by atoms with Crippen molar-refractivity contribution in [1.29, 1.82) is 5.53 Å². The molecule has 1 heterocycles. The van der Waals surface area contributed by atoms with E-state index in [0.717, 1.165) is 32.2 Å². The van der Waals surface area contributed by atoms with Crippen molar-refractivity contribution in [2.45, 2.75) is 44.6 Å². The van der Waals surface area contributed by atoms with E-state index in [9.17, 15) is 4.39 Å². The fourth-order valence-corrected chi connectivity index (χ4v) is 3.20. The Morgan fingerprint density at radius 2 is 2.18 bits per heavy atom. The highest BCUT2D eigenvalue weighted by atomic mass is 19.1. The summed E-state index contributed by atoms with van der Waals surface area (Å²) in [6, 6.07) is 7.18. The summed E-state index contributed by atoms with van der Waals surface area (Å²) in [6.07, 6.45) is 3.83. The first-order chi connectivity index (χ1) is 10.6. The lowest BCUT2D eigenvalue weighted by molar-refractivity contribution is 0.325. The maximum absolute atomic E-state index is 13.0. The lowest BCUT2D eigenvalue weighted by Gasteiger charge is -2.32. The number of amidine groups is 1. The Kier molecular flexibility index (Phi) is 6.00. The molecule has 0 aromatic heterocycles. The summed E-state index contributed by atoms with van der Waals surface area (Å²) in [7, 11) is 0. The van der Waals surface area contributed by atoms with Crippen LogP contribution in [0.4, 0.5) is 4.39 Å². The van der Waals surface area contributed by atoms with E-state index in [1.807, 2.05) is 12.1 Å². The van der Waals surface area contributed by atoms with Crippen LogP contribution in [0.5, 0.6) is 0 Å². The second kappa shape index (κ2) is 7.98. The average molecular weight is 305 g/mol. The zero-order valence-corrected chi connectivity index (χ0v) is 12.9. The second-order valence-corrected chi connectivity index (χ2v) is 5.89. The first-order valence-corrected chi connectivity index (χ1v) is 7.82. The fourth-order valence-electron chi connectivity index (χ4n) is 3.20. The lowest BCUT2D eigenvalue weighted by atomic mass is 9.82. The molecule has 4 N–H and O–H groups in total. The Labute approximate surface area is 130 Å². The van der Waals surface area contributed by atoms with Crippen LogP contribution in [0.2, 0.25) is 0 Å². The normalized spacial score (nSPS) is 24.0. The minimum Gasteiger partial charge on any atom is -0.385 e. The Hall–Kier alpha value is -1.82. The van der Waals surface area contributed by atoms with Crippen molar-refractivity contribution in [3.05, 3.63) is 35.6 Å². The van der Waals surface area contributed by atoms with Crippen LogP contribution in [0, 0.1) is 17.3 Å². The molecule has 3 atom stereocenters. The predicted octanol–water partition coefficient (Wildman–Crippen LogP) is 3.38. The third-order valence-electron chi connectivity index (χ3n) is 4.48. The summed E-state index contributed by atoms with van der Waals surface area (Å²) in [5, 5.41) is 10.2. The number of benzene rings is 1. The molecule has 5 nitrogen and oxygen atoms in total. The van der Waals surface area contributed by atoms with Gasteiger partial charge in [0.05, 0.1) is 0 Å². The molecule has 1 fully saturated rings. The number of rotatable bonds is 6. The molecule has 1 aromatic rings. The molecule has 0 saturated carbocycles. The molecule has 1 aliphatic heterocycles. The maximum Gasteiger partial charge on any atom is 0.127 e. The number of nitrogens with one attached hydrogen (secondary N) is 2. The fraction of sp³-hybridized carbons (Fsp3) is 0.562. The van der Waals surface area contributed by atoms with Crippen molar-refractivity contribution < 1.29 is 4.39 Å². The highest BCUT2D eigenvalue weighted by Gasteiger charge is 2.26. The topological polar surface area (TPSA) is 86.6 Å². The molecule has 6 heteroatoms. The number of nitrogens with two attached hydrogens (primary N) is 1.